The molecule has 0 bridgehead atoms. The standard InChI is InChI=1S/C20H31N5O/c1-5-21-20(22-12-11-19-15(2)24-25(4)16(19)3)23-13-18(14-26)17-9-7-6-8-10-17/h6-10,18,26H,5,11-14H2,1-4H3,(H2,21,22,23). The summed E-state index contributed by atoms with van der Waals surface area (Å²) in [6, 6.07) is 10.0. The molecule has 0 amide bonds. The highest BCUT2D eigenvalue weighted by atomic mass is 16.3. The number of aliphatic hydroxyl groups excluding tert-OH is 1. The Kier molecular flexibility index (Phi) is 7.66. The van der Waals surface area contributed by atoms with Crippen molar-refractivity contribution in [3.8, 4) is 0 Å². The third-order valence-corrected chi connectivity index (χ3v) is 4.63. The summed E-state index contributed by atoms with van der Waals surface area (Å²) >= 11 is 0. The minimum absolute atomic E-state index is 0.00877. The minimum atomic E-state index is 0.00877. The summed E-state index contributed by atoms with van der Waals surface area (Å²) in [7, 11) is 1.98. The Morgan fingerprint density at radius 3 is 2.54 bits per heavy atom. The molecular formula is C20H31N5O. The Morgan fingerprint density at radius 1 is 1.23 bits per heavy atom. The van der Waals surface area contributed by atoms with E-state index in [0.717, 1.165) is 36.7 Å². The van der Waals surface area contributed by atoms with E-state index in [2.05, 4.69) is 27.6 Å². The summed E-state index contributed by atoms with van der Waals surface area (Å²) in [5.41, 5.74) is 4.68. The molecule has 1 aromatic carbocycles. The number of aromatic nitrogens is 2. The maximum absolute atomic E-state index is 9.69. The lowest BCUT2D eigenvalue weighted by molar-refractivity contribution is 0.268. The van der Waals surface area contributed by atoms with Gasteiger partial charge in [0.05, 0.1) is 18.8 Å². The molecule has 26 heavy (non-hydrogen) atoms. The van der Waals surface area contributed by atoms with Crippen LogP contribution in [-0.4, -0.2) is 47.1 Å². The van der Waals surface area contributed by atoms with Gasteiger partial charge in [0.2, 0.25) is 0 Å². The number of aryl methyl sites for hydroxylation is 2. The fourth-order valence-corrected chi connectivity index (χ4v) is 3.02. The van der Waals surface area contributed by atoms with Crippen molar-refractivity contribution < 1.29 is 5.11 Å². The highest BCUT2D eigenvalue weighted by molar-refractivity contribution is 5.79. The van der Waals surface area contributed by atoms with Crippen molar-refractivity contribution in [2.24, 2.45) is 12.0 Å². The lowest BCUT2D eigenvalue weighted by atomic mass is 10.0. The fraction of sp³-hybridized carbons (Fsp3) is 0.500. The zero-order valence-electron chi connectivity index (χ0n) is 16.3. The molecule has 0 aliphatic heterocycles. The minimum Gasteiger partial charge on any atom is -0.396 e. The van der Waals surface area contributed by atoms with Crippen LogP contribution >= 0.6 is 0 Å². The van der Waals surface area contributed by atoms with Gasteiger partial charge in [-0.05, 0) is 38.3 Å². The maximum atomic E-state index is 9.69. The molecule has 2 rings (SSSR count). The predicted octanol–water partition coefficient (Wildman–Crippen LogP) is 1.91. The van der Waals surface area contributed by atoms with E-state index < -0.39 is 0 Å². The number of hydrogen-bond acceptors (Lipinski definition) is 3. The van der Waals surface area contributed by atoms with E-state index in [1.54, 1.807) is 0 Å². The topological polar surface area (TPSA) is 74.5 Å². The normalized spacial score (nSPS) is 12.9. The molecular weight excluding hydrogens is 326 g/mol. The molecule has 6 heteroatoms. The monoisotopic (exact) mass is 357 g/mol. The number of nitrogens with one attached hydrogen (secondary N) is 2. The van der Waals surface area contributed by atoms with Gasteiger partial charge in [-0.15, -0.1) is 0 Å². The van der Waals surface area contributed by atoms with Gasteiger partial charge in [-0.1, -0.05) is 30.3 Å². The maximum Gasteiger partial charge on any atom is 0.191 e. The largest absolute Gasteiger partial charge is 0.396 e. The molecule has 142 valence electrons. The SMILES string of the molecule is CCNC(=NCC(CO)c1ccccc1)NCCc1c(C)nn(C)c1C. The molecule has 0 radical (unpaired) electrons. The Balaban J connectivity index is 1.95. The zero-order chi connectivity index (χ0) is 18.9. The number of nitrogens with zero attached hydrogens (tertiary/aromatic N) is 3. The third kappa shape index (κ3) is 5.33. The molecule has 0 aliphatic rings. The van der Waals surface area contributed by atoms with E-state index in [-0.39, 0.29) is 12.5 Å². The Labute approximate surface area is 156 Å². The molecule has 1 heterocycles. The number of aliphatic imine (C=N–C) groups is 1. The van der Waals surface area contributed by atoms with E-state index in [1.165, 1.54) is 11.3 Å². The van der Waals surface area contributed by atoms with Crippen LogP contribution < -0.4 is 10.6 Å². The molecule has 0 saturated heterocycles. The lowest BCUT2D eigenvalue weighted by Crippen LogP contribution is -2.38. The number of rotatable bonds is 8. The van der Waals surface area contributed by atoms with Gasteiger partial charge in [-0.3, -0.25) is 9.67 Å². The van der Waals surface area contributed by atoms with Crippen LogP contribution in [0.5, 0.6) is 0 Å². The van der Waals surface area contributed by atoms with E-state index in [1.807, 2.05) is 55.9 Å². The molecule has 1 unspecified atom stereocenters. The predicted molar refractivity (Wildman–Crippen MR) is 107 cm³/mol. The Bertz CT molecular complexity index is 708. The van der Waals surface area contributed by atoms with Crippen LogP contribution in [0.1, 0.15) is 35.4 Å². The van der Waals surface area contributed by atoms with Crippen molar-refractivity contribution >= 4 is 5.96 Å². The molecule has 1 atom stereocenters. The lowest BCUT2D eigenvalue weighted by Gasteiger charge is -2.15. The number of guanidine groups is 1. The van der Waals surface area contributed by atoms with E-state index in [9.17, 15) is 5.11 Å². The average molecular weight is 358 g/mol. The first-order valence-electron chi connectivity index (χ1n) is 9.23. The van der Waals surface area contributed by atoms with Crippen molar-refractivity contribution in [1.29, 1.82) is 0 Å². The van der Waals surface area contributed by atoms with Gasteiger partial charge in [0, 0.05) is 31.7 Å². The average Bonchev–Trinajstić information content (AvgIpc) is 2.89. The summed E-state index contributed by atoms with van der Waals surface area (Å²) in [6.45, 7) is 8.41. The van der Waals surface area contributed by atoms with Crippen molar-refractivity contribution in [2.45, 2.75) is 33.1 Å². The summed E-state index contributed by atoms with van der Waals surface area (Å²) < 4.78 is 1.93. The second-order valence-corrected chi connectivity index (χ2v) is 6.46. The fourth-order valence-electron chi connectivity index (χ4n) is 3.02. The summed E-state index contributed by atoms with van der Waals surface area (Å²) in [5.74, 6) is 0.788. The third-order valence-electron chi connectivity index (χ3n) is 4.63. The molecule has 0 saturated carbocycles. The van der Waals surface area contributed by atoms with Gasteiger partial charge in [0.15, 0.2) is 5.96 Å². The van der Waals surface area contributed by atoms with Crippen molar-refractivity contribution in [2.75, 3.05) is 26.2 Å². The Hall–Kier alpha value is -2.34. The quantitative estimate of drug-likeness (QED) is 0.498. The summed E-state index contributed by atoms with van der Waals surface area (Å²) in [5, 5.41) is 20.8. The molecule has 6 nitrogen and oxygen atoms in total. The first-order chi connectivity index (χ1) is 12.6. The molecule has 0 aliphatic carbocycles. The molecule has 3 N–H and O–H groups in total. The van der Waals surface area contributed by atoms with Crippen LogP contribution in [0.25, 0.3) is 0 Å². The first kappa shape index (κ1) is 20.0. The smallest absolute Gasteiger partial charge is 0.191 e. The summed E-state index contributed by atoms with van der Waals surface area (Å²) in [6.07, 6.45) is 0.901. The highest BCUT2D eigenvalue weighted by Crippen LogP contribution is 2.15. The van der Waals surface area contributed by atoms with Gasteiger partial charge in [-0.2, -0.15) is 5.10 Å². The highest BCUT2D eigenvalue weighted by Gasteiger charge is 2.11. The number of benzene rings is 1. The molecule has 0 spiro atoms. The van der Waals surface area contributed by atoms with Gasteiger partial charge in [0.1, 0.15) is 0 Å². The molecule has 0 fully saturated rings. The van der Waals surface area contributed by atoms with E-state index in [0.29, 0.717) is 6.54 Å². The van der Waals surface area contributed by atoms with Crippen LogP contribution in [0.15, 0.2) is 35.3 Å². The van der Waals surface area contributed by atoms with Gasteiger partial charge < -0.3 is 15.7 Å². The number of hydrogen-bond donors (Lipinski definition) is 3. The van der Waals surface area contributed by atoms with Crippen molar-refractivity contribution in [1.82, 2.24) is 20.4 Å². The van der Waals surface area contributed by atoms with Crippen LogP contribution in [0.4, 0.5) is 0 Å². The second-order valence-electron chi connectivity index (χ2n) is 6.46. The van der Waals surface area contributed by atoms with Crippen LogP contribution in [-0.2, 0) is 13.5 Å². The van der Waals surface area contributed by atoms with Crippen molar-refractivity contribution in [3.63, 3.8) is 0 Å². The molecule has 2 aromatic rings. The van der Waals surface area contributed by atoms with Crippen molar-refractivity contribution in [3.05, 3.63) is 52.8 Å². The van der Waals surface area contributed by atoms with Crippen LogP contribution in [0, 0.1) is 13.8 Å². The summed E-state index contributed by atoms with van der Waals surface area (Å²) in [4.78, 5) is 4.66. The Morgan fingerprint density at radius 2 is 1.96 bits per heavy atom. The van der Waals surface area contributed by atoms with Crippen LogP contribution in [0.3, 0.4) is 0 Å². The van der Waals surface area contributed by atoms with Crippen LogP contribution in [0.2, 0.25) is 0 Å². The second kappa shape index (κ2) is 9.97. The molecule has 1 aromatic heterocycles. The zero-order valence-corrected chi connectivity index (χ0v) is 16.3. The first-order valence-corrected chi connectivity index (χ1v) is 9.23. The van der Waals surface area contributed by atoms with Gasteiger partial charge in [-0.25, -0.2) is 0 Å². The van der Waals surface area contributed by atoms with E-state index in [4.69, 9.17) is 0 Å². The van der Waals surface area contributed by atoms with Gasteiger partial charge >= 0.3 is 0 Å². The van der Waals surface area contributed by atoms with Gasteiger partial charge in [0.25, 0.3) is 0 Å². The van der Waals surface area contributed by atoms with E-state index >= 15 is 0 Å². The number of aliphatic hydroxyl groups is 1.